The fourth-order valence-electron chi connectivity index (χ4n) is 2.59. The zero-order chi connectivity index (χ0) is 19.2. The Morgan fingerprint density at radius 3 is 2.63 bits per heavy atom. The van der Waals surface area contributed by atoms with Crippen LogP contribution in [0.25, 0.3) is 11.4 Å². The lowest BCUT2D eigenvalue weighted by Gasteiger charge is -2.08. The Kier molecular flexibility index (Phi) is 6.13. The largest absolute Gasteiger partial charge is 0.494 e. The van der Waals surface area contributed by atoms with Crippen molar-refractivity contribution in [1.29, 1.82) is 0 Å². The molecule has 0 aliphatic heterocycles. The number of ether oxygens (including phenoxy) is 1. The van der Waals surface area contributed by atoms with E-state index in [4.69, 9.17) is 4.74 Å². The van der Waals surface area contributed by atoms with E-state index in [9.17, 15) is 4.79 Å². The van der Waals surface area contributed by atoms with E-state index in [1.165, 1.54) is 17.3 Å². The van der Waals surface area contributed by atoms with Crippen molar-refractivity contribution in [2.24, 2.45) is 0 Å². The van der Waals surface area contributed by atoms with Gasteiger partial charge in [-0.05, 0) is 56.7 Å². The molecule has 7 heteroatoms. The van der Waals surface area contributed by atoms with Crippen molar-refractivity contribution in [3.8, 4) is 17.1 Å². The molecule has 2 N–H and O–H groups in total. The van der Waals surface area contributed by atoms with Crippen LogP contribution in [0, 0.1) is 13.8 Å². The van der Waals surface area contributed by atoms with Gasteiger partial charge in [-0.25, -0.2) is 0 Å². The number of aromatic amines is 1. The topological polar surface area (TPSA) is 79.9 Å². The van der Waals surface area contributed by atoms with Crippen LogP contribution < -0.4 is 10.1 Å². The van der Waals surface area contributed by atoms with Gasteiger partial charge in [0.1, 0.15) is 5.75 Å². The van der Waals surface area contributed by atoms with Gasteiger partial charge in [0.15, 0.2) is 11.0 Å². The Bertz CT molecular complexity index is 922. The number of nitrogens with zero attached hydrogens (tertiary/aromatic N) is 2. The number of H-pyrrole nitrogens is 1. The van der Waals surface area contributed by atoms with Crippen molar-refractivity contribution in [2.75, 3.05) is 17.7 Å². The second-order valence-corrected chi connectivity index (χ2v) is 7.06. The molecule has 3 rings (SSSR count). The minimum atomic E-state index is -0.0778. The summed E-state index contributed by atoms with van der Waals surface area (Å²) in [7, 11) is 0. The third-order valence-electron chi connectivity index (χ3n) is 3.90. The maximum Gasteiger partial charge on any atom is 0.234 e. The number of thioether (sulfide) groups is 1. The average Bonchev–Trinajstić information content (AvgIpc) is 3.12. The highest BCUT2D eigenvalue weighted by Gasteiger charge is 2.10. The Labute approximate surface area is 162 Å². The number of aryl methyl sites for hydroxylation is 2. The summed E-state index contributed by atoms with van der Waals surface area (Å²) in [5.41, 5.74) is 3.96. The predicted molar refractivity (Wildman–Crippen MR) is 108 cm³/mol. The van der Waals surface area contributed by atoms with E-state index in [-0.39, 0.29) is 11.7 Å². The Morgan fingerprint density at radius 2 is 1.93 bits per heavy atom. The highest BCUT2D eigenvalue weighted by molar-refractivity contribution is 7.99. The van der Waals surface area contributed by atoms with E-state index < -0.39 is 0 Å². The van der Waals surface area contributed by atoms with Crippen molar-refractivity contribution in [3.63, 3.8) is 0 Å². The van der Waals surface area contributed by atoms with E-state index >= 15 is 0 Å². The highest BCUT2D eigenvalue weighted by Crippen LogP contribution is 2.22. The molecular weight excluding hydrogens is 360 g/mol. The molecule has 0 saturated carbocycles. The number of anilines is 1. The van der Waals surface area contributed by atoms with Gasteiger partial charge >= 0.3 is 0 Å². The molecule has 1 heterocycles. The van der Waals surface area contributed by atoms with Crippen LogP contribution in [-0.4, -0.2) is 33.4 Å². The van der Waals surface area contributed by atoms with Crippen LogP contribution in [-0.2, 0) is 4.79 Å². The molecule has 1 aromatic heterocycles. The fraction of sp³-hybridized carbons (Fsp3) is 0.250. The molecule has 3 aromatic rings. The van der Waals surface area contributed by atoms with Crippen LogP contribution in [0.15, 0.2) is 47.6 Å². The molecule has 0 spiro atoms. The van der Waals surface area contributed by atoms with Gasteiger partial charge < -0.3 is 15.0 Å². The minimum absolute atomic E-state index is 0.0778. The van der Waals surface area contributed by atoms with Crippen molar-refractivity contribution < 1.29 is 9.53 Å². The Morgan fingerprint density at radius 1 is 1.15 bits per heavy atom. The summed E-state index contributed by atoms with van der Waals surface area (Å²) < 4.78 is 5.44. The summed E-state index contributed by atoms with van der Waals surface area (Å²) in [4.78, 5) is 15.3. The quantitative estimate of drug-likeness (QED) is 0.598. The molecule has 0 radical (unpaired) electrons. The van der Waals surface area contributed by atoms with Gasteiger partial charge in [0.25, 0.3) is 0 Å². The average molecular weight is 382 g/mol. The summed E-state index contributed by atoms with van der Waals surface area (Å²) in [5, 5.41) is 11.8. The molecule has 0 saturated heterocycles. The number of nitrogens with one attached hydrogen (secondary N) is 2. The van der Waals surface area contributed by atoms with Gasteiger partial charge in [0, 0.05) is 11.3 Å². The second-order valence-electron chi connectivity index (χ2n) is 6.09. The smallest absolute Gasteiger partial charge is 0.234 e. The monoisotopic (exact) mass is 382 g/mol. The van der Waals surface area contributed by atoms with Crippen molar-refractivity contribution >= 4 is 23.4 Å². The zero-order valence-corrected chi connectivity index (χ0v) is 16.4. The molecule has 2 aromatic carbocycles. The van der Waals surface area contributed by atoms with Crippen molar-refractivity contribution in [1.82, 2.24) is 15.2 Å². The van der Waals surface area contributed by atoms with Crippen LogP contribution >= 0.6 is 11.8 Å². The molecule has 1 amide bonds. The SMILES string of the molecule is CCOc1ccc(-c2nnc(SCC(=O)Nc3ccc(C)cc3C)[nH]2)cc1. The minimum Gasteiger partial charge on any atom is -0.494 e. The molecule has 0 fully saturated rings. The number of carbonyl (C=O) groups is 1. The maximum atomic E-state index is 12.2. The van der Waals surface area contributed by atoms with E-state index in [0.717, 1.165) is 22.6 Å². The number of amides is 1. The first kappa shape index (κ1) is 19.0. The number of carbonyl (C=O) groups excluding carboxylic acids is 1. The molecule has 0 aliphatic rings. The molecule has 0 unspecified atom stereocenters. The molecule has 0 atom stereocenters. The number of hydrogen-bond acceptors (Lipinski definition) is 5. The lowest BCUT2D eigenvalue weighted by atomic mass is 10.1. The standard InChI is InChI=1S/C20H22N4O2S/c1-4-26-16-8-6-15(7-9-16)19-22-20(24-23-19)27-12-18(25)21-17-10-5-13(2)11-14(17)3/h5-11H,4,12H2,1-3H3,(H,21,25)(H,22,23,24). The van der Waals surface area contributed by atoms with Crippen LogP contribution in [0.4, 0.5) is 5.69 Å². The summed E-state index contributed by atoms with van der Waals surface area (Å²) in [6.45, 7) is 6.59. The first-order chi connectivity index (χ1) is 13.0. The van der Waals surface area contributed by atoms with Gasteiger partial charge in [-0.2, -0.15) is 0 Å². The summed E-state index contributed by atoms with van der Waals surface area (Å²) in [6.07, 6.45) is 0. The second kappa shape index (κ2) is 8.73. The van der Waals surface area contributed by atoms with Crippen molar-refractivity contribution in [2.45, 2.75) is 25.9 Å². The van der Waals surface area contributed by atoms with E-state index in [2.05, 4.69) is 20.5 Å². The van der Waals surface area contributed by atoms with Crippen LogP contribution in [0.1, 0.15) is 18.1 Å². The first-order valence-electron chi connectivity index (χ1n) is 8.71. The summed E-state index contributed by atoms with van der Waals surface area (Å²) in [6, 6.07) is 13.6. The predicted octanol–water partition coefficient (Wildman–Crippen LogP) is 4.22. The normalized spacial score (nSPS) is 10.6. The molecular formula is C20H22N4O2S. The van der Waals surface area contributed by atoms with Crippen molar-refractivity contribution in [3.05, 3.63) is 53.6 Å². The Hall–Kier alpha value is -2.80. The van der Waals surface area contributed by atoms with Gasteiger partial charge in [-0.1, -0.05) is 29.5 Å². The summed E-state index contributed by atoms with van der Waals surface area (Å²) in [5.74, 6) is 1.66. The fourth-order valence-corrected chi connectivity index (χ4v) is 3.20. The van der Waals surface area contributed by atoms with Crippen LogP contribution in [0.5, 0.6) is 5.75 Å². The Balaban J connectivity index is 1.56. The van der Waals surface area contributed by atoms with E-state index in [0.29, 0.717) is 17.6 Å². The molecule has 27 heavy (non-hydrogen) atoms. The van der Waals surface area contributed by atoms with Gasteiger partial charge in [0.05, 0.1) is 12.4 Å². The maximum absolute atomic E-state index is 12.2. The molecule has 0 aliphatic carbocycles. The molecule has 6 nitrogen and oxygen atoms in total. The van der Waals surface area contributed by atoms with Crippen LogP contribution in [0.2, 0.25) is 0 Å². The van der Waals surface area contributed by atoms with Gasteiger partial charge in [0.2, 0.25) is 5.91 Å². The highest BCUT2D eigenvalue weighted by atomic mass is 32.2. The number of benzene rings is 2. The van der Waals surface area contributed by atoms with Gasteiger partial charge in [-0.15, -0.1) is 10.2 Å². The lowest BCUT2D eigenvalue weighted by Crippen LogP contribution is -2.15. The molecule has 0 bridgehead atoms. The van der Waals surface area contributed by atoms with Crippen LogP contribution in [0.3, 0.4) is 0 Å². The summed E-state index contributed by atoms with van der Waals surface area (Å²) >= 11 is 1.32. The molecule has 140 valence electrons. The number of rotatable bonds is 7. The number of aromatic nitrogens is 3. The first-order valence-corrected chi connectivity index (χ1v) is 9.69. The lowest BCUT2D eigenvalue weighted by molar-refractivity contribution is -0.113. The third kappa shape index (κ3) is 5.10. The number of hydrogen-bond donors (Lipinski definition) is 2. The third-order valence-corrected chi connectivity index (χ3v) is 4.76. The zero-order valence-electron chi connectivity index (χ0n) is 15.6. The van der Waals surface area contributed by atoms with Gasteiger partial charge in [-0.3, -0.25) is 4.79 Å². The van der Waals surface area contributed by atoms with E-state index in [1.807, 2.05) is 63.2 Å². The van der Waals surface area contributed by atoms with E-state index in [1.54, 1.807) is 0 Å².